The summed E-state index contributed by atoms with van der Waals surface area (Å²) in [6, 6.07) is 9.45. The van der Waals surface area contributed by atoms with E-state index in [1.165, 1.54) is 0 Å². The average molecular weight is 360 g/mol. The second kappa shape index (κ2) is 8.60. The van der Waals surface area contributed by atoms with Crippen LogP contribution in [0.5, 0.6) is 0 Å². The zero-order chi connectivity index (χ0) is 16.8. The Kier molecular flexibility index (Phi) is 6.24. The fourth-order valence-corrected chi connectivity index (χ4v) is 1.94. The molecule has 0 saturated heterocycles. The monoisotopic (exact) mass is 359 g/mol. The summed E-state index contributed by atoms with van der Waals surface area (Å²) in [6.45, 7) is 0. The number of hydrazine groups is 1. The second-order valence-corrected chi connectivity index (χ2v) is 4.94. The minimum atomic E-state index is 0. The molecular weight excluding hydrogens is 342 g/mol. The van der Waals surface area contributed by atoms with Gasteiger partial charge in [0.1, 0.15) is 0 Å². The highest BCUT2D eigenvalue weighted by atomic mass is 35.5. The molecule has 0 bridgehead atoms. The van der Waals surface area contributed by atoms with Crippen LogP contribution in [0.25, 0.3) is 0 Å². The third kappa shape index (κ3) is 4.64. The van der Waals surface area contributed by atoms with Gasteiger partial charge < -0.3 is 17.4 Å². The fraction of sp³-hybridized carbons (Fsp3) is 0.133. The summed E-state index contributed by atoms with van der Waals surface area (Å²) in [5, 5.41) is 12.6. The standard InChI is InChI=1S/C15H17N9.ClH/c1-23-11-4-3-6-12(23)19-21-15(14-16-9-10-17-14)22-20-13-7-5-8-18-24(13)2;/h3-11H,1-2H3,(H2,16,17,18,21,22);1H. The lowest BCUT2D eigenvalue weighted by atomic mass is 10.4. The van der Waals surface area contributed by atoms with Crippen LogP contribution in [0.15, 0.2) is 65.3 Å². The molecule has 3 rings (SSSR count). The van der Waals surface area contributed by atoms with Crippen molar-refractivity contribution in [3.05, 3.63) is 66.4 Å². The number of amidine groups is 1. The Hall–Kier alpha value is -3.20. The number of nitrogens with zero attached hydrogens (tertiary/aromatic N) is 6. The Morgan fingerprint density at radius 1 is 1.24 bits per heavy atom. The van der Waals surface area contributed by atoms with Crippen LogP contribution < -0.4 is 33.3 Å². The summed E-state index contributed by atoms with van der Waals surface area (Å²) in [5.41, 5.74) is 6.74. The van der Waals surface area contributed by atoms with Crippen LogP contribution in [-0.4, -0.2) is 25.6 Å². The van der Waals surface area contributed by atoms with Crippen molar-refractivity contribution in [2.24, 2.45) is 24.3 Å². The Labute approximate surface area is 150 Å². The first-order valence-corrected chi connectivity index (χ1v) is 7.30. The molecule has 130 valence electrons. The molecule has 0 aliphatic carbocycles. The molecule has 0 amide bonds. The minimum Gasteiger partial charge on any atom is -1.00 e. The number of aromatic nitrogens is 5. The number of anilines is 1. The van der Waals surface area contributed by atoms with Crippen LogP contribution in [0.2, 0.25) is 0 Å². The summed E-state index contributed by atoms with van der Waals surface area (Å²) in [7, 11) is 3.74. The van der Waals surface area contributed by atoms with Crippen molar-refractivity contribution in [1.82, 2.24) is 25.2 Å². The number of imidazole rings is 1. The van der Waals surface area contributed by atoms with Crippen LogP contribution >= 0.6 is 0 Å². The number of H-pyrrole nitrogens is 1. The molecule has 10 heteroatoms. The number of nitrogens with one attached hydrogen (secondary N) is 3. The lowest BCUT2D eigenvalue weighted by Gasteiger charge is -2.05. The number of halogens is 1. The topological polar surface area (TPSA) is 99.2 Å². The first-order chi connectivity index (χ1) is 11.7. The molecule has 0 aromatic carbocycles. The predicted octanol–water partition coefficient (Wildman–Crippen LogP) is -3.15. The maximum atomic E-state index is 4.25. The summed E-state index contributed by atoms with van der Waals surface area (Å²) < 4.78 is 3.57. The summed E-state index contributed by atoms with van der Waals surface area (Å²) in [5.74, 6) is 1.88. The molecule has 0 unspecified atom stereocenters. The molecule has 3 N–H and O–H groups in total. The molecule has 0 atom stereocenters. The predicted molar refractivity (Wildman–Crippen MR) is 88.3 cm³/mol. The van der Waals surface area contributed by atoms with E-state index >= 15 is 0 Å². The van der Waals surface area contributed by atoms with Crippen LogP contribution in [0.4, 0.5) is 5.82 Å². The summed E-state index contributed by atoms with van der Waals surface area (Å²) >= 11 is 0. The van der Waals surface area contributed by atoms with E-state index < -0.39 is 0 Å². The highest BCUT2D eigenvalue weighted by Crippen LogP contribution is 1.96. The lowest BCUT2D eigenvalue weighted by Crippen LogP contribution is -3.00. The van der Waals surface area contributed by atoms with E-state index in [0.717, 1.165) is 5.82 Å². The average Bonchev–Trinajstić information content (AvgIpc) is 3.12. The molecule has 0 saturated carbocycles. The SMILES string of the molecule is Cn1nccc/c1=N/N=C(/NNc1cccc[n+]1C)c1ncc[nH]1.[Cl-]. The van der Waals surface area contributed by atoms with Crippen molar-refractivity contribution in [2.45, 2.75) is 0 Å². The number of rotatable bonds is 4. The van der Waals surface area contributed by atoms with Crippen LogP contribution in [0, 0.1) is 0 Å². The Bertz CT molecular complexity index is 899. The van der Waals surface area contributed by atoms with Gasteiger partial charge in [-0.05, 0) is 18.2 Å². The first kappa shape index (κ1) is 18.1. The Balaban J connectivity index is 0.00000225. The van der Waals surface area contributed by atoms with E-state index in [2.05, 4.69) is 36.1 Å². The second-order valence-electron chi connectivity index (χ2n) is 4.94. The molecule has 0 spiro atoms. The number of hydrogen-bond donors (Lipinski definition) is 3. The molecule has 0 aliphatic rings. The zero-order valence-electron chi connectivity index (χ0n) is 13.8. The molecule has 3 aromatic rings. The van der Waals surface area contributed by atoms with Gasteiger partial charge in [-0.25, -0.2) is 19.7 Å². The lowest BCUT2D eigenvalue weighted by molar-refractivity contribution is -0.657. The molecule has 0 aliphatic heterocycles. The largest absolute Gasteiger partial charge is 1.00 e. The van der Waals surface area contributed by atoms with Gasteiger partial charge in [0.15, 0.2) is 11.3 Å². The number of pyridine rings is 1. The van der Waals surface area contributed by atoms with Gasteiger partial charge in [-0.15, -0.1) is 10.2 Å². The van der Waals surface area contributed by atoms with Gasteiger partial charge in [0.2, 0.25) is 5.84 Å². The maximum Gasteiger partial charge on any atom is 0.297 e. The summed E-state index contributed by atoms with van der Waals surface area (Å²) in [6.07, 6.45) is 7.00. The van der Waals surface area contributed by atoms with E-state index in [4.69, 9.17) is 0 Å². The number of hydrogen-bond acceptors (Lipinski definition) is 5. The molecule has 0 radical (unpaired) electrons. The smallest absolute Gasteiger partial charge is 0.297 e. The van der Waals surface area contributed by atoms with E-state index in [-0.39, 0.29) is 12.4 Å². The summed E-state index contributed by atoms with van der Waals surface area (Å²) in [4.78, 5) is 7.21. The molecule has 25 heavy (non-hydrogen) atoms. The van der Waals surface area contributed by atoms with Gasteiger partial charge in [-0.2, -0.15) is 10.5 Å². The third-order valence-corrected chi connectivity index (χ3v) is 3.24. The van der Waals surface area contributed by atoms with E-state index in [1.807, 2.05) is 42.1 Å². The van der Waals surface area contributed by atoms with E-state index in [1.54, 1.807) is 36.4 Å². The van der Waals surface area contributed by atoms with Gasteiger partial charge in [0, 0.05) is 31.7 Å². The highest BCUT2D eigenvalue weighted by Gasteiger charge is 2.10. The zero-order valence-corrected chi connectivity index (χ0v) is 14.5. The van der Waals surface area contributed by atoms with E-state index in [9.17, 15) is 0 Å². The molecule has 3 heterocycles. The van der Waals surface area contributed by atoms with Crippen molar-refractivity contribution in [1.29, 1.82) is 0 Å². The Morgan fingerprint density at radius 3 is 2.84 bits per heavy atom. The number of aryl methyl sites for hydroxylation is 2. The molecule has 9 nitrogen and oxygen atoms in total. The molecule has 0 fully saturated rings. The van der Waals surface area contributed by atoms with Crippen LogP contribution in [0.3, 0.4) is 0 Å². The van der Waals surface area contributed by atoms with Gasteiger partial charge in [-0.3, -0.25) is 0 Å². The third-order valence-electron chi connectivity index (χ3n) is 3.24. The Morgan fingerprint density at radius 2 is 2.12 bits per heavy atom. The van der Waals surface area contributed by atoms with Crippen molar-refractivity contribution >= 4 is 11.7 Å². The van der Waals surface area contributed by atoms with Crippen molar-refractivity contribution in [3.8, 4) is 0 Å². The van der Waals surface area contributed by atoms with E-state index in [0.29, 0.717) is 17.1 Å². The normalized spacial score (nSPS) is 11.8. The number of aromatic amines is 1. The van der Waals surface area contributed by atoms with Gasteiger partial charge in [0.05, 0.1) is 13.2 Å². The van der Waals surface area contributed by atoms with Crippen LogP contribution in [0.1, 0.15) is 5.82 Å². The maximum absolute atomic E-state index is 4.25. The first-order valence-electron chi connectivity index (χ1n) is 7.30. The highest BCUT2D eigenvalue weighted by molar-refractivity contribution is 5.95. The van der Waals surface area contributed by atoms with Gasteiger partial charge in [-0.1, -0.05) is 6.07 Å². The minimum absolute atomic E-state index is 0. The van der Waals surface area contributed by atoms with Crippen LogP contribution in [-0.2, 0) is 14.1 Å². The quantitative estimate of drug-likeness (QED) is 0.198. The fourth-order valence-electron chi connectivity index (χ4n) is 1.94. The van der Waals surface area contributed by atoms with Gasteiger partial charge >= 0.3 is 0 Å². The molecule has 3 aromatic heterocycles. The van der Waals surface area contributed by atoms with Gasteiger partial charge in [0.25, 0.3) is 5.82 Å². The van der Waals surface area contributed by atoms with Crippen molar-refractivity contribution in [2.75, 3.05) is 5.43 Å². The van der Waals surface area contributed by atoms with Crippen molar-refractivity contribution in [3.63, 3.8) is 0 Å². The van der Waals surface area contributed by atoms with Crippen molar-refractivity contribution < 1.29 is 17.0 Å². The molecular formula is C15H18ClN9.